The van der Waals surface area contributed by atoms with E-state index in [1.165, 1.54) is 48.5 Å². The van der Waals surface area contributed by atoms with Gasteiger partial charge >= 0.3 is 5.97 Å². The Kier molecular flexibility index (Phi) is 4.87. The molecule has 0 N–H and O–H groups in total. The molecule has 0 saturated carbocycles. The third-order valence-electron chi connectivity index (χ3n) is 3.67. The standard InChI is InChI=1S/C18H16F2O4/c1-2-22-17(21)16-15(11-3-7-13(19)8-4-11)23-18(24-16)12-5-9-14(20)10-6-12/h3-10,15-16,18H,2H2,1H3/t15-,16-,18+/m1/s1. The van der Waals surface area contributed by atoms with Gasteiger partial charge in [0.2, 0.25) is 0 Å². The first-order valence-corrected chi connectivity index (χ1v) is 7.57. The number of esters is 1. The molecule has 0 unspecified atom stereocenters. The molecule has 0 amide bonds. The molecular formula is C18H16F2O4. The molecule has 1 aliphatic heterocycles. The zero-order valence-electron chi connectivity index (χ0n) is 12.9. The van der Waals surface area contributed by atoms with Crippen LogP contribution in [0.4, 0.5) is 8.78 Å². The van der Waals surface area contributed by atoms with Gasteiger partial charge in [0.1, 0.15) is 17.7 Å². The molecule has 1 heterocycles. The number of benzene rings is 2. The summed E-state index contributed by atoms with van der Waals surface area (Å²) in [5.74, 6) is -1.33. The summed E-state index contributed by atoms with van der Waals surface area (Å²) in [6, 6.07) is 11.2. The predicted molar refractivity (Wildman–Crippen MR) is 80.9 cm³/mol. The second-order valence-electron chi connectivity index (χ2n) is 5.30. The smallest absolute Gasteiger partial charge is 0.338 e. The van der Waals surface area contributed by atoms with Gasteiger partial charge in [-0.3, -0.25) is 0 Å². The molecule has 3 atom stereocenters. The van der Waals surface area contributed by atoms with Crippen molar-refractivity contribution >= 4 is 5.97 Å². The van der Waals surface area contributed by atoms with Gasteiger partial charge in [0.05, 0.1) is 6.61 Å². The second-order valence-corrected chi connectivity index (χ2v) is 5.30. The maximum Gasteiger partial charge on any atom is 0.338 e. The van der Waals surface area contributed by atoms with Crippen LogP contribution in [0.2, 0.25) is 0 Å². The minimum Gasteiger partial charge on any atom is -0.464 e. The lowest BCUT2D eigenvalue weighted by Crippen LogP contribution is -2.28. The predicted octanol–water partition coefficient (Wildman–Crippen LogP) is 3.68. The molecular weight excluding hydrogens is 318 g/mol. The molecule has 2 aromatic rings. The summed E-state index contributed by atoms with van der Waals surface area (Å²) < 4.78 is 42.7. The molecule has 0 radical (unpaired) electrons. The van der Waals surface area contributed by atoms with Crippen molar-refractivity contribution in [3.8, 4) is 0 Å². The van der Waals surface area contributed by atoms with Crippen molar-refractivity contribution < 1.29 is 27.8 Å². The topological polar surface area (TPSA) is 44.8 Å². The van der Waals surface area contributed by atoms with Crippen LogP contribution in [0.5, 0.6) is 0 Å². The normalized spacial score (nSPS) is 23.2. The lowest BCUT2D eigenvalue weighted by atomic mass is 10.0. The van der Waals surface area contributed by atoms with Gasteiger partial charge in [-0.15, -0.1) is 0 Å². The maximum absolute atomic E-state index is 13.1. The molecule has 1 fully saturated rings. The van der Waals surface area contributed by atoms with Crippen molar-refractivity contribution in [3.05, 3.63) is 71.3 Å². The van der Waals surface area contributed by atoms with Crippen LogP contribution in [0, 0.1) is 11.6 Å². The highest BCUT2D eigenvalue weighted by Crippen LogP contribution is 2.40. The molecule has 1 aliphatic rings. The number of rotatable bonds is 4. The Hall–Kier alpha value is -2.31. The lowest BCUT2D eigenvalue weighted by Gasteiger charge is -2.15. The molecule has 24 heavy (non-hydrogen) atoms. The summed E-state index contributed by atoms with van der Waals surface area (Å²) >= 11 is 0. The average Bonchev–Trinajstić information content (AvgIpc) is 3.02. The highest BCUT2D eigenvalue weighted by atomic mass is 19.1. The number of carbonyl (C=O) groups excluding carboxylic acids is 1. The Balaban J connectivity index is 1.87. The molecule has 0 spiro atoms. The van der Waals surface area contributed by atoms with Crippen molar-refractivity contribution in [1.29, 1.82) is 0 Å². The van der Waals surface area contributed by atoms with Crippen LogP contribution in [0.25, 0.3) is 0 Å². The van der Waals surface area contributed by atoms with Crippen LogP contribution in [0.15, 0.2) is 48.5 Å². The molecule has 6 heteroatoms. The first-order chi connectivity index (χ1) is 11.6. The van der Waals surface area contributed by atoms with E-state index in [0.29, 0.717) is 11.1 Å². The van der Waals surface area contributed by atoms with E-state index >= 15 is 0 Å². The van der Waals surface area contributed by atoms with Gasteiger partial charge in [0, 0.05) is 5.56 Å². The van der Waals surface area contributed by atoms with Gasteiger partial charge in [-0.05, 0) is 36.8 Å². The minimum atomic E-state index is -0.981. The summed E-state index contributed by atoms with van der Waals surface area (Å²) in [6.45, 7) is 1.90. The van der Waals surface area contributed by atoms with Crippen molar-refractivity contribution in [2.24, 2.45) is 0 Å². The van der Waals surface area contributed by atoms with E-state index in [1.54, 1.807) is 6.92 Å². The van der Waals surface area contributed by atoms with Crippen molar-refractivity contribution in [2.75, 3.05) is 6.61 Å². The molecule has 2 aromatic carbocycles. The van der Waals surface area contributed by atoms with Gasteiger partial charge in [0.15, 0.2) is 12.4 Å². The fraction of sp³-hybridized carbons (Fsp3) is 0.278. The van der Waals surface area contributed by atoms with Gasteiger partial charge in [-0.25, -0.2) is 13.6 Å². The van der Waals surface area contributed by atoms with Gasteiger partial charge in [-0.2, -0.15) is 0 Å². The van der Waals surface area contributed by atoms with E-state index < -0.39 is 24.5 Å². The van der Waals surface area contributed by atoms with Crippen LogP contribution in [0.1, 0.15) is 30.4 Å². The first kappa shape index (κ1) is 16.5. The van der Waals surface area contributed by atoms with Crippen LogP contribution in [-0.2, 0) is 19.0 Å². The third kappa shape index (κ3) is 3.44. The van der Waals surface area contributed by atoms with Crippen LogP contribution in [0.3, 0.4) is 0 Å². The summed E-state index contributed by atoms with van der Waals surface area (Å²) in [7, 11) is 0. The first-order valence-electron chi connectivity index (χ1n) is 7.57. The van der Waals surface area contributed by atoms with E-state index in [-0.39, 0.29) is 18.2 Å². The SMILES string of the molecule is CCOC(=O)[C@@H]1O[C@@H](c2ccc(F)cc2)O[C@@H]1c1ccc(F)cc1. The molecule has 126 valence electrons. The highest BCUT2D eigenvalue weighted by molar-refractivity contribution is 5.76. The average molecular weight is 334 g/mol. The van der Waals surface area contributed by atoms with Crippen molar-refractivity contribution in [2.45, 2.75) is 25.4 Å². The fourth-order valence-corrected chi connectivity index (χ4v) is 2.53. The molecule has 3 rings (SSSR count). The Bertz CT molecular complexity index is 700. The summed E-state index contributed by atoms with van der Waals surface area (Å²) in [5.41, 5.74) is 1.18. The Morgan fingerprint density at radius 1 is 0.958 bits per heavy atom. The van der Waals surface area contributed by atoms with Gasteiger partial charge in [0.25, 0.3) is 0 Å². The molecule has 0 aromatic heterocycles. The van der Waals surface area contributed by atoms with Crippen LogP contribution in [-0.4, -0.2) is 18.7 Å². The van der Waals surface area contributed by atoms with E-state index in [0.717, 1.165) is 0 Å². The number of hydrogen-bond acceptors (Lipinski definition) is 4. The van der Waals surface area contributed by atoms with Crippen molar-refractivity contribution in [1.82, 2.24) is 0 Å². The number of ether oxygens (including phenoxy) is 3. The summed E-state index contributed by atoms with van der Waals surface area (Å²) in [4.78, 5) is 12.2. The quantitative estimate of drug-likeness (QED) is 0.800. The monoisotopic (exact) mass is 334 g/mol. The van der Waals surface area contributed by atoms with E-state index in [9.17, 15) is 13.6 Å². The lowest BCUT2D eigenvalue weighted by molar-refractivity contribution is -0.157. The summed E-state index contributed by atoms with van der Waals surface area (Å²) in [6.07, 6.45) is -2.56. The largest absolute Gasteiger partial charge is 0.464 e. The van der Waals surface area contributed by atoms with Crippen LogP contribution < -0.4 is 0 Å². The number of carbonyl (C=O) groups is 1. The van der Waals surface area contributed by atoms with Crippen LogP contribution >= 0.6 is 0 Å². The Labute approximate surface area is 138 Å². The zero-order valence-corrected chi connectivity index (χ0v) is 12.9. The number of hydrogen-bond donors (Lipinski definition) is 0. The second kappa shape index (κ2) is 7.07. The fourth-order valence-electron chi connectivity index (χ4n) is 2.53. The maximum atomic E-state index is 13.1. The molecule has 0 bridgehead atoms. The minimum absolute atomic E-state index is 0.204. The Morgan fingerprint density at radius 2 is 1.50 bits per heavy atom. The molecule has 0 aliphatic carbocycles. The molecule has 4 nitrogen and oxygen atoms in total. The zero-order chi connectivity index (χ0) is 17.1. The van der Waals surface area contributed by atoms with Gasteiger partial charge < -0.3 is 14.2 Å². The van der Waals surface area contributed by atoms with E-state index in [4.69, 9.17) is 14.2 Å². The molecule has 1 saturated heterocycles. The van der Waals surface area contributed by atoms with E-state index in [2.05, 4.69) is 0 Å². The summed E-state index contributed by atoms with van der Waals surface area (Å²) in [5, 5.41) is 0. The third-order valence-corrected chi connectivity index (χ3v) is 3.67. The van der Waals surface area contributed by atoms with E-state index in [1.807, 2.05) is 0 Å². The highest BCUT2D eigenvalue weighted by Gasteiger charge is 2.43. The number of halogens is 2. The van der Waals surface area contributed by atoms with Crippen molar-refractivity contribution in [3.63, 3.8) is 0 Å². The Morgan fingerprint density at radius 3 is 2.04 bits per heavy atom. The van der Waals surface area contributed by atoms with Gasteiger partial charge in [-0.1, -0.05) is 24.3 Å².